The first kappa shape index (κ1) is 15.5. The predicted octanol–water partition coefficient (Wildman–Crippen LogP) is 4.26. The van der Waals surface area contributed by atoms with E-state index in [0.717, 1.165) is 34.7 Å². The number of aryl methyl sites for hydroxylation is 1. The number of rotatable bonds is 6. The first-order valence-corrected chi connectivity index (χ1v) is 7.90. The number of nitrogens with one attached hydrogen (secondary N) is 1. The molecule has 2 aromatic rings. The summed E-state index contributed by atoms with van der Waals surface area (Å²) in [5.74, 6) is 0.759. The number of benzene rings is 1. The van der Waals surface area contributed by atoms with Crippen molar-refractivity contribution in [3.8, 4) is 16.2 Å². The highest BCUT2D eigenvalue weighted by atomic mass is 32.1. The molecule has 0 spiro atoms. The largest absolute Gasteiger partial charge is 0.493 e. The number of hydrogen-bond acceptors (Lipinski definition) is 4. The van der Waals surface area contributed by atoms with E-state index in [1.807, 2.05) is 31.2 Å². The molecular formula is C16H20N2O2S. The number of unbranched alkanes of at least 4 members (excludes halogenated alkanes) is 1. The quantitative estimate of drug-likeness (QED) is 0.811. The van der Waals surface area contributed by atoms with Crippen molar-refractivity contribution in [3.05, 3.63) is 30.0 Å². The van der Waals surface area contributed by atoms with Gasteiger partial charge in [0.05, 0.1) is 17.2 Å². The van der Waals surface area contributed by atoms with Crippen LogP contribution in [0.15, 0.2) is 24.3 Å². The summed E-state index contributed by atoms with van der Waals surface area (Å²) < 4.78 is 5.87. The second kappa shape index (κ2) is 7.22. The summed E-state index contributed by atoms with van der Waals surface area (Å²) in [5, 5.41) is 3.36. The minimum atomic E-state index is -0.109. The lowest BCUT2D eigenvalue weighted by molar-refractivity contribution is -0.114. The third-order valence-corrected chi connectivity index (χ3v) is 4.07. The van der Waals surface area contributed by atoms with E-state index in [0.29, 0.717) is 11.7 Å². The predicted molar refractivity (Wildman–Crippen MR) is 87.0 cm³/mol. The van der Waals surface area contributed by atoms with Crippen LogP contribution in [-0.4, -0.2) is 17.5 Å². The molecule has 0 fully saturated rings. The highest BCUT2D eigenvalue weighted by Crippen LogP contribution is 2.38. The molecule has 0 aliphatic rings. The monoisotopic (exact) mass is 304 g/mol. The van der Waals surface area contributed by atoms with Gasteiger partial charge >= 0.3 is 0 Å². The molecule has 1 aromatic carbocycles. The van der Waals surface area contributed by atoms with Crippen molar-refractivity contribution < 1.29 is 9.53 Å². The summed E-state index contributed by atoms with van der Waals surface area (Å²) in [6, 6.07) is 7.96. The Kier molecular flexibility index (Phi) is 5.33. The van der Waals surface area contributed by atoms with Gasteiger partial charge in [-0.25, -0.2) is 4.98 Å². The van der Waals surface area contributed by atoms with Crippen LogP contribution in [0.5, 0.6) is 5.75 Å². The fourth-order valence-electron chi connectivity index (χ4n) is 1.96. The molecule has 0 saturated carbocycles. The van der Waals surface area contributed by atoms with E-state index in [-0.39, 0.29) is 5.91 Å². The Morgan fingerprint density at radius 1 is 1.38 bits per heavy atom. The Morgan fingerprint density at radius 3 is 2.86 bits per heavy atom. The Balaban J connectivity index is 2.28. The topological polar surface area (TPSA) is 51.2 Å². The van der Waals surface area contributed by atoms with E-state index in [4.69, 9.17) is 4.74 Å². The molecule has 0 unspecified atom stereocenters. The second-order valence-corrected chi connectivity index (χ2v) is 5.81. The number of carbonyl (C=O) groups is 1. The smallest absolute Gasteiger partial charge is 0.223 e. The van der Waals surface area contributed by atoms with Crippen LogP contribution >= 0.6 is 11.3 Å². The fraction of sp³-hybridized carbons (Fsp3) is 0.375. The Morgan fingerprint density at radius 2 is 2.14 bits per heavy atom. The summed E-state index contributed by atoms with van der Waals surface area (Å²) in [7, 11) is 0. The maximum atomic E-state index is 11.1. The summed E-state index contributed by atoms with van der Waals surface area (Å²) >= 11 is 1.47. The van der Waals surface area contributed by atoms with Crippen molar-refractivity contribution in [2.24, 2.45) is 0 Å². The maximum Gasteiger partial charge on any atom is 0.223 e. The van der Waals surface area contributed by atoms with Gasteiger partial charge in [0.1, 0.15) is 5.75 Å². The Bertz CT molecular complexity index is 622. The highest BCUT2D eigenvalue weighted by molar-refractivity contribution is 7.19. The molecular weight excluding hydrogens is 284 g/mol. The molecule has 1 aromatic heterocycles. The average Bonchev–Trinajstić information content (AvgIpc) is 2.79. The minimum Gasteiger partial charge on any atom is -0.493 e. The molecule has 1 heterocycles. The normalized spacial score (nSPS) is 10.4. The third kappa shape index (κ3) is 4.04. The number of amides is 1. The molecule has 0 bridgehead atoms. The van der Waals surface area contributed by atoms with Gasteiger partial charge in [-0.3, -0.25) is 4.79 Å². The number of aromatic nitrogens is 1. The molecule has 0 aliphatic heterocycles. The van der Waals surface area contributed by atoms with Crippen LogP contribution in [0.25, 0.3) is 10.4 Å². The number of para-hydroxylation sites is 1. The van der Waals surface area contributed by atoms with Gasteiger partial charge in [0, 0.05) is 12.5 Å². The van der Waals surface area contributed by atoms with Crippen LogP contribution in [-0.2, 0) is 4.79 Å². The van der Waals surface area contributed by atoms with Crippen LogP contribution < -0.4 is 10.1 Å². The number of hydrogen-bond donors (Lipinski definition) is 1. The number of nitrogens with zero attached hydrogens (tertiary/aromatic N) is 1. The summed E-state index contributed by atoms with van der Waals surface area (Å²) in [4.78, 5) is 16.6. The van der Waals surface area contributed by atoms with Gasteiger partial charge in [0.15, 0.2) is 5.13 Å². The standard InChI is InChI=1S/C16H20N2O2S/c1-4-5-10-20-14-9-7-6-8-13(14)15-11(2)17-16(21-15)18-12(3)19/h6-9H,4-5,10H2,1-3H3,(H,17,18,19). The molecule has 21 heavy (non-hydrogen) atoms. The lowest BCUT2D eigenvalue weighted by atomic mass is 10.1. The minimum absolute atomic E-state index is 0.109. The zero-order valence-corrected chi connectivity index (χ0v) is 13.4. The molecule has 0 radical (unpaired) electrons. The first-order chi connectivity index (χ1) is 10.1. The van der Waals surface area contributed by atoms with E-state index >= 15 is 0 Å². The molecule has 1 N–H and O–H groups in total. The lowest BCUT2D eigenvalue weighted by Gasteiger charge is -2.10. The third-order valence-electron chi connectivity index (χ3n) is 2.97. The van der Waals surface area contributed by atoms with E-state index in [1.165, 1.54) is 18.3 Å². The van der Waals surface area contributed by atoms with Crippen molar-refractivity contribution in [3.63, 3.8) is 0 Å². The van der Waals surface area contributed by atoms with Crippen LogP contribution in [0.2, 0.25) is 0 Å². The molecule has 112 valence electrons. The van der Waals surface area contributed by atoms with Crippen LogP contribution in [0.3, 0.4) is 0 Å². The van der Waals surface area contributed by atoms with Crippen molar-refractivity contribution in [2.75, 3.05) is 11.9 Å². The van der Waals surface area contributed by atoms with Gasteiger partial charge in [-0.15, -0.1) is 0 Å². The fourth-order valence-corrected chi connectivity index (χ4v) is 3.00. The number of thiazole rings is 1. The lowest BCUT2D eigenvalue weighted by Crippen LogP contribution is -2.04. The molecule has 5 heteroatoms. The zero-order valence-electron chi connectivity index (χ0n) is 12.6. The van der Waals surface area contributed by atoms with Crippen LogP contribution in [0.1, 0.15) is 32.4 Å². The molecule has 2 rings (SSSR count). The van der Waals surface area contributed by atoms with E-state index < -0.39 is 0 Å². The number of anilines is 1. The molecule has 4 nitrogen and oxygen atoms in total. The van der Waals surface area contributed by atoms with Gasteiger partial charge in [0.25, 0.3) is 0 Å². The van der Waals surface area contributed by atoms with E-state index in [2.05, 4.69) is 17.2 Å². The highest BCUT2D eigenvalue weighted by Gasteiger charge is 2.14. The van der Waals surface area contributed by atoms with Crippen molar-refractivity contribution >= 4 is 22.4 Å². The van der Waals surface area contributed by atoms with Crippen molar-refractivity contribution in [1.82, 2.24) is 4.98 Å². The molecule has 0 aliphatic carbocycles. The van der Waals surface area contributed by atoms with Gasteiger partial charge < -0.3 is 10.1 Å². The molecule has 0 saturated heterocycles. The van der Waals surface area contributed by atoms with Gasteiger partial charge in [-0.2, -0.15) is 0 Å². The summed E-state index contributed by atoms with van der Waals surface area (Å²) in [5.41, 5.74) is 1.93. The number of carbonyl (C=O) groups excluding carboxylic acids is 1. The maximum absolute atomic E-state index is 11.1. The van der Waals surface area contributed by atoms with E-state index in [9.17, 15) is 4.79 Å². The van der Waals surface area contributed by atoms with Crippen LogP contribution in [0, 0.1) is 6.92 Å². The molecule has 0 atom stereocenters. The van der Waals surface area contributed by atoms with E-state index in [1.54, 1.807) is 0 Å². The van der Waals surface area contributed by atoms with Gasteiger partial charge in [-0.1, -0.05) is 36.8 Å². The van der Waals surface area contributed by atoms with Crippen LogP contribution in [0.4, 0.5) is 5.13 Å². The summed E-state index contributed by atoms with van der Waals surface area (Å²) in [6.07, 6.45) is 2.14. The Labute approximate surface area is 129 Å². The Hall–Kier alpha value is -1.88. The first-order valence-electron chi connectivity index (χ1n) is 7.09. The van der Waals surface area contributed by atoms with Gasteiger partial charge in [0.2, 0.25) is 5.91 Å². The van der Waals surface area contributed by atoms with Gasteiger partial charge in [-0.05, 0) is 25.5 Å². The average molecular weight is 304 g/mol. The SMILES string of the molecule is CCCCOc1ccccc1-c1sc(NC(C)=O)nc1C. The molecule has 1 amide bonds. The summed E-state index contributed by atoms with van der Waals surface area (Å²) in [6.45, 7) is 6.28. The van der Waals surface area contributed by atoms with Crippen molar-refractivity contribution in [2.45, 2.75) is 33.6 Å². The van der Waals surface area contributed by atoms with Crippen molar-refractivity contribution in [1.29, 1.82) is 0 Å². The second-order valence-electron chi connectivity index (χ2n) is 4.81. The zero-order chi connectivity index (χ0) is 15.2. The number of ether oxygens (including phenoxy) is 1.